The molecule has 0 unspecified atom stereocenters. The van der Waals surface area contributed by atoms with Crippen LogP contribution in [0.4, 0.5) is 0 Å². The molecule has 1 N–H and O–H groups in total. The molecule has 0 saturated carbocycles. The molecule has 2 aromatic rings. The lowest BCUT2D eigenvalue weighted by molar-refractivity contribution is 0.118. The predicted molar refractivity (Wildman–Crippen MR) is 76.7 cm³/mol. The fourth-order valence-electron chi connectivity index (χ4n) is 1.80. The Labute approximate surface area is 114 Å². The van der Waals surface area contributed by atoms with E-state index < -0.39 is 0 Å². The van der Waals surface area contributed by atoms with Crippen molar-refractivity contribution in [2.24, 2.45) is 0 Å². The van der Waals surface area contributed by atoms with Crippen LogP contribution in [0.2, 0.25) is 0 Å². The molecule has 0 aliphatic carbocycles. The average Bonchev–Trinajstić information content (AvgIpc) is 2.48. The predicted octanol–water partition coefficient (Wildman–Crippen LogP) is 2.78. The number of nitrogens with zero attached hydrogens (tertiary/aromatic N) is 1. The Balaban J connectivity index is 1.49. The summed E-state index contributed by atoms with van der Waals surface area (Å²) in [5.41, 5.74) is 2.44. The van der Waals surface area contributed by atoms with Gasteiger partial charge in [-0.15, -0.1) is 0 Å². The van der Waals surface area contributed by atoms with Gasteiger partial charge in [-0.2, -0.15) is 0 Å². The minimum atomic E-state index is 0.645. The number of hydrogen-bond acceptors (Lipinski definition) is 3. The van der Waals surface area contributed by atoms with Gasteiger partial charge in [0.2, 0.25) is 0 Å². The second kappa shape index (κ2) is 8.40. The highest BCUT2D eigenvalue weighted by Crippen LogP contribution is 1.99. The maximum atomic E-state index is 5.59. The van der Waals surface area contributed by atoms with Crippen LogP contribution in [0.1, 0.15) is 17.5 Å². The topological polar surface area (TPSA) is 34.1 Å². The molecule has 2 rings (SSSR count). The summed E-state index contributed by atoms with van der Waals surface area (Å²) in [4.78, 5) is 4.05. The molecular formula is C16H20N2O. The van der Waals surface area contributed by atoms with Gasteiger partial charge in [-0.1, -0.05) is 36.4 Å². The zero-order chi connectivity index (χ0) is 13.2. The molecule has 1 heterocycles. The number of hydrogen-bond donors (Lipinski definition) is 1. The first-order valence-corrected chi connectivity index (χ1v) is 6.66. The molecule has 0 aliphatic rings. The van der Waals surface area contributed by atoms with E-state index in [1.807, 2.05) is 24.4 Å². The molecule has 100 valence electrons. The van der Waals surface area contributed by atoms with Gasteiger partial charge in [-0.05, 0) is 30.2 Å². The van der Waals surface area contributed by atoms with Gasteiger partial charge in [0.15, 0.2) is 0 Å². The Kier molecular flexibility index (Phi) is 6.07. The summed E-state index contributed by atoms with van der Waals surface area (Å²) in [7, 11) is 0. The van der Waals surface area contributed by atoms with Crippen molar-refractivity contribution < 1.29 is 4.74 Å². The van der Waals surface area contributed by atoms with Crippen LogP contribution in [0.25, 0.3) is 0 Å². The minimum Gasteiger partial charge on any atom is -0.377 e. The van der Waals surface area contributed by atoms with E-state index in [1.54, 1.807) is 6.20 Å². The molecule has 0 amide bonds. The summed E-state index contributed by atoms with van der Waals surface area (Å²) < 4.78 is 5.59. The van der Waals surface area contributed by atoms with E-state index in [9.17, 15) is 0 Å². The van der Waals surface area contributed by atoms with Crippen LogP contribution in [0.5, 0.6) is 0 Å². The van der Waals surface area contributed by atoms with Crippen molar-refractivity contribution in [3.05, 3.63) is 66.0 Å². The smallest absolute Gasteiger partial charge is 0.0731 e. The standard InChI is InChI=1S/C16H20N2O/c1-2-6-15(7-3-1)12-18-10-5-11-19-14-16-8-4-9-17-13-16/h1-4,6-9,13,18H,5,10-12,14H2. The molecule has 1 aromatic heterocycles. The van der Waals surface area contributed by atoms with Gasteiger partial charge >= 0.3 is 0 Å². The van der Waals surface area contributed by atoms with Crippen molar-refractivity contribution in [1.29, 1.82) is 0 Å². The summed E-state index contributed by atoms with van der Waals surface area (Å²) in [6.45, 7) is 3.31. The highest BCUT2D eigenvalue weighted by Gasteiger charge is 1.94. The third-order valence-corrected chi connectivity index (χ3v) is 2.81. The van der Waals surface area contributed by atoms with Gasteiger partial charge in [0.1, 0.15) is 0 Å². The van der Waals surface area contributed by atoms with Crippen molar-refractivity contribution >= 4 is 0 Å². The summed E-state index contributed by atoms with van der Waals surface area (Å²) in [6, 6.07) is 14.4. The van der Waals surface area contributed by atoms with Gasteiger partial charge < -0.3 is 10.1 Å². The largest absolute Gasteiger partial charge is 0.377 e. The molecule has 0 bridgehead atoms. The summed E-state index contributed by atoms with van der Waals surface area (Å²) >= 11 is 0. The Morgan fingerprint density at radius 3 is 2.63 bits per heavy atom. The van der Waals surface area contributed by atoms with Crippen LogP contribution in [0.3, 0.4) is 0 Å². The monoisotopic (exact) mass is 256 g/mol. The van der Waals surface area contributed by atoms with Crippen molar-refractivity contribution in [3.63, 3.8) is 0 Å². The van der Waals surface area contributed by atoms with Crippen LogP contribution < -0.4 is 5.32 Å². The highest BCUT2D eigenvalue weighted by molar-refractivity contribution is 5.14. The van der Waals surface area contributed by atoms with Crippen molar-refractivity contribution in [3.8, 4) is 0 Å². The normalized spacial score (nSPS) is 10.5. The SMILES string of the molecule is c1ccc(CNCCCOCc2cccnc2)cc1. The highest BCUT2D eigenvalue weighted by atomic mass is 16.5. The van der Waals surface area contributed by atoms with E-state index in [2.05, 4.69) is 34.6 Å². The molecule has 0 atom stereocenters. The second-order valence-corrected chi connectivity index (χ2v) is 4.43. The Bertz CT molecular complexity index is 401. The minimum absolute atomic E-state index is 0.645. The first-order valence-electron chi connectivity index (χ1n) is 6.66. The molecule has 0 radical (unpaired) electrons. The van der Waals surface area contributed by atoms with E-state index in [1.165, 1.54) is 5.56 Å². The van der Waals surface area contributed by atoms with Crippen molar-refractivity contribution in [2.45, 2.75) is 19.6 Å². The Hall–Kier alpha value is -1.71. The summed E-state index contributed by atoms with van der Waals surface area (Å²) in [5, 5.41) is 3.41. The van der Waals surface area contributed by atoms with Crippen LogP contribution in [-0.2, 0) is 17.9 Å². The first kappa shape index (κ1) is 13.7. The summed E-state index contributed by atoms with van der Waals surface area (Å²) in [5.74, 6) is 0. The van der Waals surface area contributed by atoms with E-state index >= 15 is 0 Å². The molecule has 0 spiro atoms. The molecule has 1 aromatic carbocycles. The zero-order valence-electron chi connectivity index (χ0n) is 11.1. The third kappa shape index (κ3) is 5.64. The Morgan fingerprint density at radius 2 is 1.84 bits per heavy atom. The molecule has 0 saturated heterocycles. The molecule has 3 heteroatoms. The number of ether oxygens (including phenoxy) is 1. The van der Waals surface area contributed by atoms with E-state index in [-0.39, 0.29) is 0 Å². The lowest BCUT2D eigenvalue weighted by atomic mass is 10.2. The maximum absolute atomic E-state index is 5.59. The van der Waals surface area contributed by atoms with Crippen molar-refractivity contribution in [1.82, 2.24) is 10.3 Å². The van der Waals surface area contributed by atoms with E-state index in [4.69, 9.17) is 4.74 Å². The summed E-state index contributed by atoms with van der Waals surface area (Å²) in [6.07, 6.45) is 4.64. The quantitative estimate of drug-likeness (QED) is 0.737. The zero-order valence-corrected chi connectivity index (χ0v) is 11.1. The van der Waals surface area contributed by atoms with Gasteiger partial charge in [0, 0.05) is 25.5 Å². The van der Waals surface area contributed by atoms with Gasteiger partial charge in [0.05, 0.1) is 6.61 Å². The van der Waals surface area contributed by atoms with Gasteiger partial charge in [-0.25, -0.2) is 0 Å². The average molecular weight is 256 g/mol. The number of aromatic nitrogens is 1. The molecule has 0 fully saturated rings. The molecular weight excluding hydrogens is 236 g/mol. The Morgan fingerprint density at radius 1 is 1.00 bits per heavy atom. The van der Waals surface area contributed by atoms with Gasteiger partial charge in [-0.3, -0.25) is 4.98 Å². The van der Waals surface area contributed by atoms with Gasteiger partial charge in [0.25, 0.3) is 0 Å². The van der Waals surface area contributed by atoms with Crippen LogP contribution in [-0.4, -0.2) is 18.1 Å². The van der Waals surface area contributed by atoms with E-state index in [0.717, 1.165) is 31.7 Å². The molecule has 0 aliphatic heterocycles. The first-order chi connectivity index (χ1) is 9.45. The number of pyridine rings is 1. The fourth-order valence-corrected chi connectivity index (χ4v) is 1.80. The number of benzene rings is 1. The fraction of sp³-hybridized carbons (Fsp3) is 0.312. The van der Waals surface area contributed by atoms with Crippen LogP contribution in [0, 0.1) is 0 Å². The number of nitrogens with one attached hydrogen (secondary N) is 1. The third-order valence-electron chi connectivity index (χ3n) is 2.81. The lowest BCUT2D eigenvalue weighted by Crippen LogP contribution is -2.16. The molecule has 3 nitrogen and oxygen atoms in total. The second-order valence-electron chi connectivity index (χ2n) is 4.43. The number of rotatable bonds is 8. The van der Waals surface area contributed by atoms with Crippen molar-refractivity contribution in [2.75, 3.05) is 13.2 Å². The lowest BCUT2D eigenvalue weighted by Gasteiger charge is -2.06. The van der Waals surface area contributed by atoms with Crippen LogP contribution in [0.15, 0.2) is 54.9 Å². The van der Waals surface area contributed by atoms with E-state index in [0.29, 0.717) is 6.61 Å². The maximum Gasteiger partial charge on any atom is 0.0731 e. The van der Waals surface area contributed by atoms with Crippen LogP contribution >= 0.6 is 0 Å². The molecule has 19 heavy (non-hydrogen) atoms.